The van der Waals surface area contributed by atoms with Gasteiger partial charge in [-0.1, -0.05) is 19.0 Å². The Morgan fingerprint density at radius 1 is 1.03 bits per heavy atom. The highest BCUT2D eigenvalue weighted by atomic mass is 19.1. The molecule has 3 aromatic rings. The van der Waals surface area contributed by atoms with Crippen LogP contribution in [0.4, 0.5) is 20.6 Å². The maximum absolute atomic E-state index is 14.3. The fourth-order valence-corrected chi connectivity index (χ4v) is 5.12. The van der Waals surface area contributed by atoms with Crippen LogP contribution < -0.4 is 20.3 Å². The van der Waals surface area contributed by atoms with Crippen LogP contribution >= 0.6 is 0 Å². The molecule has 5 rings (SSSR count). The second-order valence-electron chi connectivity index (χ2n) is 10.3. The van der Waals surface area contributed by atoms with Crippen LogP contribution in [-0.4, -0.2) is 58.7 Å². The van der Waals surface area contributed by atoms with Crippen LogP contribution in [0.2, 0.25) is 0 Å². The second kappa shape index (κ2) is 10.6. The van der Waals surface area contributed by atoms with Crippen molar-refractivity contribution >= 4 is 11.8 Å². The van der Waals surface area contributed by atoms with Gasteiger partial charge >= 0.3 is 6.01 Å². The molecule has 1 aromatic carbocycles. The van der Waals surface area contributed by atoms with Gasteiger partial charge in [-0.2, -0.15) is 4.98 Å². The van der Waals surface area contributed by atoms with Gasteiger partial charge in [0.1, 0.15) is 17.7 Å². The second-order valence-corrected chi connectivity index (χ2v) is 10.3. The predicted octanol–water partition coefficient (Wildman–Crippen LogP) is 3.88. The zero-order valence-electron chi connectivity index (χ0n) is 21.3. The Balaban J connectivity index is 1.15. The Bertz CT molecular complexity index is 1200. The van der Waals surface area contributed by atoms with E-state index < -0.39 is 11.6 Å². The monoisotopic (exact) mass is 513 g/mol. The van der Waals surface area contributed by atoms with Crippen molar-refractivity contribution in [1.29, 1.82) is 0 Å². The van der Waals surface area contributed by atoms with Gasteiger partial charge in [0.2, 0.25) is 5.88 Å². The van der Waals surface area contributed by atoms with E-state index in [0.29, 0.717) is 42.3 Å². The molecule has 3 atom stereocenters. The van der Waals surface area contributed by atoms with E-state index in [1.807, 2.05) is 24.8 Å². The van der Waals surface area contributed by atoms with Gasteiger partial charge in [-0.15, -0.1) is 10.2 Å². The molecule has 0 aliphatic carbocycles. The van der Waals surface area contributed by atoms with E-state index in [4.69, 9.17) is 15.0 Å². The van der Waals surface area contributed by atoms with Gasteiger partial charge in [0.25, 0.3) is 0 Å². The average molecular weight is 514 g/mol. The van der Waals surface area contributed by atoms with Crippen molar-refractivity contribution in [2.45, 2.75) is 57.6 Å². The maximum atomic E-state index is 14.3. The quantitative estimate of drug-likeness (QED) is 0.504. The summed E-state index contributed by atoms with van der Waals surface area (Å²) in [6.07, 6.45) is 1.85. The summed E-state index contributed by atoms with van der Waals surface area (Å²) in [5.41, 5.74) is 6.57. The van der Waals surface area contributed by atoms with Crippen molar-refractivity contribution < 1.29 is 18.0 Å². The molecule has 0 amide bonds. The number of piperidine rings is 1. The molecule has 198 valence electrons. The van der Waals surface area contributed by atoms with Gasteiger partial charge in [-0.3, -0.25) is 0 Å². The number of hydrogen-bond acceptors (Lipinski definition) is 9. The molecule has 4 heterocycles. The molecule has 0 saturated carbocycles. The fourth-order valence-electron chi connectivity index (χ4n) is 5.12. The van der Waals surface area contributed by atoms with Gasteiger partial charge in [0.15, 0.2) is 11.6 Å². The Hall–Kier alpha value is -3.34. The number of benzene rings is 1. The molecule has 2 N–H and O–H groups in total. The first kappa shape index (κ1) is 25.3. The molecule has 11 heteroatoms. The molecule has 9 nitrogen and oxygen atoms in total. The Kier molecular flexibility index (Phi) is 7.23. The van der Waals surface area contributed by atoms with Gasteiger partial charge < -0.3 is 24.8 Å². The van der Waals surface area contributed by atoms with Crippen LogP contribution in [0.3, 0.4) is 0 Å². The standard InChI is InChI=1S/C26H33F2N7O2/c1-15(2)25-30-26(37-33-25)34-10-8-17(9-11-34)16(3)36-24-7-6-23(31-32-24)35-13-20(22(29)14-35)19-12-18(27)4-5-21(19)28/h4-7,12,15-17,20,22H,8-11,13-14,29H2,1-3H3. The van der Waals surface area contributed by atoms with E-state index in [9.17, 15) is 8.78 Å². The van der Waals surface area contributed by atoms with E-state index in [1.54, 1.807) is 6.07 Å². The first-order valence-electron chi connectivity index (χ1n) is 12.8. The Labute approximate surface area is 215 Å². The van der Waals surface area contributed by atoms with E-state index in [2.05, 4.69) is 32.2 Å². The fraction of sp³-hybridized carbons (Fsp3) is 0.538. The van der Waals surface area contributed by atoms with Crippen LogP contribution in [0.5, 0.6) is 5.88 Å². The normalized spacial score (nSPS) is 21.6. The SMILES string of the molecule is CC(C)c1noc(N2CCC(C(C)Oc3ccc(N4CC(N)C(c5cc(F)ccc5F)C4)nn3)CC2)n1. The van der Waals surface area contributed by atoms with Gasteiger partial charge in [0, 0.05) is 50.1 Å². The summed E-state index contributed by atoms with van der Waals surface area (Å²) in [6, 6.07) is 7.35. The summed E-state index contributed by atoms with van der Waals surface area (Å²) < 4.78 is 39.5. The summed E-state index contributed by atoms with van der Waals surface area (Å²) in [4.78, 5) is 8.57. The van der Waals surface area contributed by atoms with Crippen LogP contribution in [-0.2, 0) is 0 Å². The van der Waals surface area contributed by atoms with Gasteiger partial charge in [-0.25, -0.2) is 8.78 Å². The van der Waals surface area contributed by atoms with E-state index >= 15 is 0 Å². The van der Waals surface area contributed by atoms with Crippen molar-refractivity contribution in [3.8, 4) is 5.88 Å². The first-order chi connectivity index (χ1) is 17.8. The van der Waals surface area contributed by atoms with Crippen molar-refractivity contribution in [3.63, 3.8) is 0 Å². The number of nitrogens with two attached hydrogens (primary N) is 1. The molecule has 2 aliphatic heterocycles. The van der Waals surface area contributed by atoms with Gasteiger partial charge in [0.05, 0.1) is 0 Å². The third-order valence-corrected chi connectivity index (χ3v) is 7.40. The largest absolute Gasteiger partial charge is 0.473 e. The third-order valence-electron chi connectivity index (χ3n) is 7.40. The van der Waals surface area contributed by atoms with E-state index in [0.717, 1.165) is 43.9 Å². The first-order valence-corrected chi connectivity index (χ1v) is 12.8. The molecule has 2 aromatic heterocycles. The van der Waals surface area contributed by atoms with E-state index in [1.165, 1.54) is 6.07 Å². The number of nitrogens with zero attached hydrogens (tertiary/aromatic N) is 6. The van der Waals surface area contributed by atoms with Crippen LogP contribution in [0, 0.1) is 17.6 Å². The molecular formula is C26H33F2N7O2. The number of halogens is 2. The van der Waals surface area contributed by atoms with E-state index in [-0.39, 0.29) is 24.0 Å². The minimum atomic E-state index is -0.474. The highest BCUT2D eigenvalue weighted by Gasteiger charge is 2.34. The summed E-state index contributed by atoms with van der Waals surface area (Å²) in [6.45, 7) is 8.70. The van der Waals surface area contributed by atoms with Crippen LogP contribution in [0.15, 0.2) is 34.9 Å². The Morgan fingerprint density at radius 2 is 1.81 bits per heavy atom. The molecule has 2 aliphatic rings. The predicted molar refractivity (Wildman–Crippen MR) is 135 cm³/mol. The lowest BCUT2D eigenvalue weighted by Crippen LogP contribution is -2.39. The highest BCUT2D eigenvalue weighted by Crippen LogP contribution is 2.32. The number of hydrogen-bond donors (Lipinski definition) is 1. The summed E-state index contributed by atoms with van der Waals surface area (Å²) in [5.74, 6) is 1.15. The molecule has 37 heavy (non-hydrogen) atoms. The molecule has 2 fully saturated rings. The van der Waals surface area contributed by atoms with Crippen molar-refractivity contribution in [2.24, 2.45) is 11.7 Å². The maximum Gasteiger partial charge on any atom is 0.324 e. The zero-order valence-corrected chi connectivity index (χ0v) is 21.3. The molecule has 0 radical (unpaired) electrons. The minimum Gasteiger partial charge on any atom is -0.473 e. The smallest absolute Gasteiger partial charge is 0.324 e. The van der Waals surface area contributed by atoms with Crippen LogP contribution in [0.1, 0.15) is 56.8 Å². The summed E-state index contributed by atoms with van der Waals surface area (Å²) >= 11 is 0. The molecule has 2 saturated heterocycles. The lowest BCUT2D eigenvalue weighted by atomic mass is 9.92. The molecule has 0 spiro atoms. The topological polar surface area (TPSA) is 106 Å². The van der Waals surface area contributed by atoms with Crippen molar-refractivity contribution in [2.75, 3.05) is 36.0 Å². The number of rotatable bonds is 7. The third kappa shape index (κ3) is 5.51. The van der Waals surface area contributed by atoms with Crippen molar-refractivity contribution in [3.05, 3.63) is 53.4 Å². The van der Waals surface area contributed by atoms with Crippen LogP contribution in [0.25, 0.3) is 0 Å². The lowest BCUT2D eigenvalue weighted by molar-refractivity contribution is 0.125. The number of aromatic nitrogens is 4. The number of ether oxygens (including phenoxy) is 1. The highest BCUT2D eigenvalue weighted by molar-refractivity contribution is 5.43. The molecule has 3 unspecified atom stereocenters. The summed E-state index contributed by atoms with van der Waals surface area (Å²) in [5, 5.41) is 12.6. The average Bonchev–Trinajstić information content (AvgIpc) is 3.54. The summed E-state index contributed by atoms with van der Waals surface area (Å²) in [7, 11) is 0. The molecule has 0 bridgehead atoms. The van der Waals surface area contributed by atoms with Crippen molar-refractivity contribution in [1.82, 2.24) is 20.3 Å². The van der Waals surface area contributed by atoms with Gasteiger partial charge in [-0.05, 0) is 55.5 Å². The minimum absolute atomic E-state index is 0.0308. The number of anilines is 2. The Morgan fingerprint density at radius 3 is 2.49 bits per heavy atom. The lowest BCUT2D eigenvalue weighted by Gasteiger charge is -2.33. The molecular weight excluding hydrogens is 480 g/mol. The zero-order chi connectivity index (χ0) is 26.1.